The lowest BCUT2D eigenvalue weighted by atomic mass is 10.2. The molecule has 1 amide bonds. The molecule has 5 nitrogen and oxygen atoms in total. The third-order valence-corrected chi connectivity index (χ3v) is 3.71. The van der Waals surface area contributed by atoms with Crippen molar-refractivity contribution in [3.8, 4) is 0 Å². The van der Waals surface area contributed by atoms with Gasteiger partial charge < -0.3 is 15.5 Å². The minimum absolute atomic E-state index is 0.148. The molecule has 0 radical (unpaired) electrons. The average Bonchev–Trinajstić information content (AvgIpc) is 2.38. The number of nitrogens with zero attached hydrogens (tertiary/aromatic N) is 2. The molecular weight excluding hydrogens is 228 g/mol. The summed E-state index contributed by atoms with van der Waals surface area (Å²) in [5, 5.41) is 6.28. The van der Waals surface area contributed by atoms with Crippen molar-refractivity contribution in [1.82, 2.24) is 20.4 Å². The zero-order chi connectivity index (χ0) is 13.4. The van der Waals surface area contributed by atoms with E-state index in [0.29, 0.717) is 12.6 Å². The first kappa shape index (κ1) is 15.4. The SMILES string of the molecule is CCC(C)N(C)CCNC(=O)CN1CCNCC1. The summed E-state index contributed by atoms with van der Waals surface area (Å²) in [5.41, 5.74) is 0. The maximum atomic E-state index is 11.7. The maximum Gasteiger partial charge on any atom is 0.234 e. The van der Waals surface area contributed by atoms with Crippen molar-refractivity contribution < 1.29 is 4.79 Å². The van der Waals surface area contributed by atoms with Gasteiger partial charge in [0.05, 0.1) is 6.54 Å². The first-order valence-electron chi connectivity index (χ1n) is 7.03. The van der Waals surface area contributed by atoms with E-state index in [4.69, 9.17) is 0 Å². The number of piperazine rings is 1. The molecule has 0 aromatic heterocycles. The van der Waals surface area contributed by atoms with E-state index < -0.39 is 0 Å². The van der Waals surface area contributed by atoms with Crippen molar-refractivity contribution in [2.45, 2.75) is 26.3 Å². The molecule has 1 rings (SSSR count). The molecule has 0 aliphatic carbocycles. The molecule has 106 valence electrons. The zero-order valence-corrected chi connectivity index (χ0v) is 12.0. The summed E-state index contributed by atoms with van der Waals surface area (Å²) < 4.78 is 0. The monoisotopic (exact) mass is 256 g/mol. The van der Waals surface area contributed by atoms with Gasteiger partial charge in [-0.3, -0.25) is 9.69 Å². The van der Waals surface area contributed by atoms with Crippen LogP contribution in [0, 0.1) is 0 Å². The quantitative estimate of drug-likeness (QED) is 0.659. The molecule has 2 N–H and O–H groups in total. The molecule has 0 aromatic rings. The van der Waals surface area contributed by atoms with Gasteiger partial charge in [-0.1, -0.05) is 6.92 Å². The summed E-state index contributed by atoms with van der Waals surface area (Å²) in [6.45, 7) is 10.5. The second-order valence-corrected chi connectivity index (χ2v) is 5.11. The molecule has 0 aromatic carbocycles. The normalized spacial score (nSPS) is 18.9. The summed E-state index contributed by atoms with van der Waals surface area (Å²) in [5.74, 6) is 0.148. The molecule has 0 spiro atoms. The predicted octanol–water partition coefficient (Wildman–Crippen LogP) is -0.262. The van der Waals surface area contributed by atoms with Crippen LogP contribution >= 0.6 is 0 Å². The fourth-order valence-corrected chi connectivity index (χ4v) is 2.03. The van der Waals surface area contributed by atoms with Crippen LogP contribution in [0.15, 0.2) is 0 Å². The molecule has 1 atom stereocenters. The Morgan fingerprint density at radius 1 is 1.44 bits per heavy atom. The standard InChI is InChI=1S/C13H28N4O/c1-4-12(2)16(3)8-7-15-13(18)11-17-9-5-14-6-10-17/h12,14H,4-11H2,1-3H3,(H,15,18). The number of carbonyl (C=O) groups excluding carboxylic acids is 1. The van der Waals surface area contributed by atoms with E-state index in [1.54, 1.807) is 0 Å². The predicted molar refractivity (Wildman–Crippen MR) is 74.7 cm³/mol. The van der Waals surface area contributed by atoms with Crippen LogP contribution in [0.2, 0.25) is 0 Å². The molecule has 18 heavy (non-hydrogen) atoms. The Balaban J connectivity index is 2.09. The molecule has 1 saturated heterocycles. The van der Waals surface area contributed by atoms with Crippen LogP contribution in [0.1, 0.15) is 20.3 Å². The number of hydrogen-bond acceptors (Lipinski definition) is 4. The van der Waals surface area contributed by atoms with Gasteiger partial charge in [-0.2, -0.15) is 0 Å². The van der Waals surface area contributed by atoms with Crippen LogP contribution < -0.4 is 10.6 Å². The first-order valence-corrected chi connectivity index (χ1v) is 7.03. The summed E-state index contributed by atoms with van der Waals surface area (Å²) in [6.07, 6.45) is 1.14. The van der Waals surface area contributed by atoms with E-state index in [0.717, 1.165) is 45.7 Å². The highest BCUT2D eigenvalue weighted by atomic mass is 16.2. The first-order chi connectivity index (χ1) is 8.63. The molecule has 1 heterocycles. The van der Waals surface area contributed by atoms with E-state index >= 15 is 0 Å². The third kappa shape index (κ3) is 5.80. The van der Waals surface area contributed by atoms with E-state index in [2.05, 4.69) is 41.3 Å². The van der Waals surface area contributed by atoms with Crippen molar-refractivity contribution in [2.24, 2.45) is 0 Å². The zero-order valence-electron chi connectivity index (χ0n) is 12.0. The van der Waals surface area contributed by atoms with Crippen LogP contribution in [0.25, 0.3) is 0 Å². The number of amides is 1. The van der Waals surface area contributed by atoms with Crippen molar-refractivity contribution in [2.75, 3.05) is 52.9 Å². The lowest BCUT2D eigenvalue weighted by Crippen LogP contribution is -2.48. The van der Waals surface area contributed by atoms with Gasteiger partial charge in [0.2, 0.25) is 5.91 Å². The second kappa shape index (κ2) is 8.45. The molecule has 0 bridgehead atoms. The van der Waals surface area contributed by atoms with Gasteiger partial charge in [-0.25, -0.2) is 0 Å². The molecule has 5 heteroatoms. The number of rotatable bonds is 7. The lowest BCUT2D eigenvalue weighted by molar-refractivity contribution is -0.122. The Kier molecular flexibility index (Phi) is 7.23. The number of carbonyl (C=O) groups is 1. The van der Waals surface area contributed by atoms with Crippen LogP contribution in [-0.2, 0) is 4.79 Å². The molecule has 1 fully saturated rings. The van der Waals surface area contributed by atoms with Crippen LogP contribution in [0.4, 0.5) is 0 Å². The molecular formula is C13H28N4O. The Morgan fingerprint density at radius 2 is 2.11 bits per heavy atom. The maximum absolute atomic E-state index is 11.7. The highest BCUT2D eigenvalue weighted by Gasteiger charge is 2.13. The van der Waals surface area contributed by atoms with Crippen LogP contribution in [0.5, 0.6) is 0 Å². The fraction of sp³-hybridized carbons (Fsp3) is 0.923. The summed E-state index contributed by atoms with van der Waals surface area (Å²) in [6, 6.07) is 0.579. The van der Waals surface area contributed by atoms with Gasteiger partial charge in [0.25, 0.3) is 0 Å². The second-order valence-electron chi connectivity index (χ2n) is 5.11. The fourth-order valence-electron chi connectivity index (χ4n) is 2.03. The van der Waals surface area contributed by atoms with Gasteiger partial charge in [0.1, 0.15) is 0 Å². The van der Waals surface area contributed by atoms with E-state index in [-0.39, 0.29) is 5.91 Å². The average molecular weight is 256 g/mol. The minimum atomic E-state index is 0.148. The lowest BCUT2D eigenvalue weighted by Gasteiger charge is -2.27. The topological polar surface area (TPSA) is 47.6 Å². The molecule has 1 aliphatic heterocycles. The van der Waals surface area contributed by atoms with Gasteiger partial charge in [0.15, 0.2) is 0 Å². The smallest absolute Gasteiger partial charge is 0.234 e. The van der Waals surface area contributed by atoms with Gasteiger partial charge in [0, 0.05) is 45.3 Å². The summed E-state index contributed by atoms with van der Waals surface area (Å²) in [7, 11) is 2.11. The summed E-state index contributed by atoms with van der Waals surface area (Å²) >= 11 is 0. The minimum Gasteiger partial charge on any atom is -0.354 e. The van der Waals surface area contributed by atoms with Gasteiger partial charge in [-0.05, 0) is 20.4 Å². The highest BCUT2D eigenvalue weighted by Crippen LogP contribution is 1.98. The van der Waals surface area contributed by atoms with Crippen molar-refractivity contribution in [3.05, 3.63) is 0 Å². The number of hydrogen-bond donors (Lipinski definition) is 2. The van der Waals surface area contributed by atoms with Crippen molar-refractivity contribution in [3.63, 3.8) is 0 Å². The Hall–Kier alpha value is -0.650. The highest BCUT2D eigenvalue weighted by molar-refractivity contribution is 5.78. The van der Waals surface area contributed by atoms with E-state index in [1.807, 2.05) is 0 Å². The third-order valence-electron chi connectivity index (χ3n) is 3.71. The molecule has 1 aliphatic rings. The van der Waals surface area contributed by atoms with Gasteiger partial charge in [-0.15, -0.1) is 0 Å². The Morgan fingerprint density at radius 3 is 2.72 bits per heavy atom. The van der Waals surface area contributed by atoms with E-state index in [9.17, 15) is 4.79 Å². The van der Waals surface area contributed by atoms with Gasteiger partial charge >= 0.3 is 0 Å². The number of likely N-dealkylation sites (N-methyl/N-ethyl adjacent to an activating group) is 1. The van der Waals surface area contributed by atoms with E-state index in [1.165, 1.54) is 0 Å². The van der Waals surface area contributed by atoms with Crippen molar-refractivity contribution >= 4 is 5.91 Å². The Labute approximate surface area is 111 Å². The molecule has 0 saturated carbocycles. The summed E-state index contributed by atoms with van der Waals surface area (Å²) in [4.78, 5) is 16.2. The Bertz CT molecular complexity index is 241. The van der Waals surface area contributed by atoms with Crippen molar-refractivity contribution in [1.29, 1.82) is 0 Å². The number of nitrogens with one attached hydrogen (secondary N) is 2. The molecule has 1 unspecified atom stereocenters. The van der Waals surface area contributed by atoms with Crippen LogP contribution in [-0.4, -0.2) is 74.6 Å². The largest absolute Gasteiger partial charge is 0.354 e. The van der Waals surface area contributed by atoms with Crippen LogP contribution in [0.3, 0.4) is 0 Å².